The van der Waals surface area contributed by atoms with Crippen molar-refractivity contribution in [3.63, 3.8) is 0 Å². The van der Waals surface area contributed by atoms with E-state index in [1.165, 1.54) is 5.69 Å². The summed E-state index contributed by atoms with van der Waals surface area (Å²) in [6.45, 7) is 9.54. The summed E-state index contributed by atoms with van der Waals surface area (Å²) in [5.74, 6) is 1.80. The number of hydrogen-bond donors (Lipinski definition) is 0. The summed E-state index contributed by atoms with van der Waals surface area (Å²) in [4.78, 5) is 19.0. The molecule has 124 valence electrons. The Bertz CT molecular complexity index is 659. The van der Waals surface area contributed by atoms with Gasteiger partial charge in [-0.15, -0.1) is 0 Å². The lowest BCUT2D eigenvalue weighted by molar-refractivity contribution is 0.0669. The monoisotopic (exact) mass is 315 g/mol. The molecule has 3 heterocycles. The van der Waals surface area contributed by atoms with E-state index in [4.69, 9.17) is 0 Å². The maximum absolute atomic E-state index is 12.6. The minimum absolute atomic E-state index is 0.109. The molecule has 0 atom stereocenters. The zero-order valence-corrected chi connectivity index (χ0v) is 14.2. The van der Waals surface area contributed by atoms with Crippen LogP contribution in [0, 0.1) is 19.8 Å². The fourth-order valence-electron chi connectivity index (χ4n) is 3.36. The molecule has 0 N–H and O–H groups in total. The Balaban J connectivity index is 1.59. The number of amides is 1. The van der Waals surface area contributed by atoms with Gasteiger partial charge < -0.3 is 9.47 Å². The lowest BCUT2D eigenvalue weighted by atomic mass is 9.96. The first-order valence-electron chi connectivity index (χ1n) is 8.40. The number of carbonyl (C=O) groups excluding carboxylic acids is 1. The first-order chi connectivity index (χ1) is 11.1. The number of piperidine rings is 1. The highest BCUT2D eigenvalue weighted by Crippen LogP contribution is 2.22. The van der Waals surface area contributed by atoms with Gasteiger partial charge in [0.15, 0.2) is 0 Å². The molecule has 2 aromatic rings. The van der Waals surface area contributed by atoms with E-state index >= 15 is 0 Å². The van der Waals surface area contributed by atoms with Crippen LogP contribution in [0.15, 0.2) is 18.5 Å². The fourth-order valence-corrected chi connectivity index (χ4v) is 3.36. The summed E-state index contributed by atoms with van der Waals surface area (Å²) in [5, 5.41) is 4.19. The Kier molecular flexibility index (Phi) is 4.50. The van der Waals surface area contributed by atoms with E-state index in [1.54, 1.807) is 10.9 Å². The number of rotatable bonds is 4. The van der Waals surface area contributed by atoms with Crippen molar-refractivity contribution < 1.29 is 4.79 Å². The molecule has 1 aliphatic rings. The topological polar surface area (TPSA) is 56.0 Å². The van der Waals surface area contributed by atoms with Gasteiger partial charge in [-0.1, -0.05) is 0 Å². The molecule has 6 heteroatoms. The summed E-state index contributed by atoms with van der Waals surface area (Å²) in [6, 6.07) is 1.82. The molecule has 3 rings (SSSR count). The number of likely N-dealkylation sites (tertiary alicyclic amines) is 1. The van der Waals surface area contributed by atoms with E-state index in [9.17, 15) is 4.79 Å². The third-order valence-corrected chi connectivity index (χ3v) is 4.83. The predicted octanol–water partition coefficient (Wildman–Crippen LogP) is 2.27. The molecule has 0 unspecified atom stereocenters. The van der Waals surface area contributed by atoms with Gasteiger partial charge >= 0.3 is 0 Å². The normalized spacial score (nSPS) is 16.0. The maximum Gasteiger partial charge on any atom is 0.272 e. The van der Waals surface area contributed by atoms with Crippen molar-refractivity contribution in [3.8, 4) is 0 Å². The molecule has 1 amide bonds. The number of aryl methyl sites for hydroxylation is 3. The van der Waals surface area contributed by atoms with Crippen LogP contribution in [0.4, 0.5) is 0 Å². The quantitative estimate of drug-likeness (QED) is 0.869. The molecule has 6 nitrogen and oxygen atoms in total. The molecule has 0 aliphatic carbocycles. The van der Waals surface area contributed by atoms with E-state index in [1.807, 2.05) is 24.1 Å². The molecule has 0 spiro atoms. The zero-order valence-electron chi connectivity index (χ0n) is 14.2. The molecule has 0 bridgehead atoms. The fraction of sp³-hybridized carbons (Fsp3) is 0.588. The van der Waals surface area contributed by atoms with Crippen molar-refractivity contribution in [3.05, 3.63) is 35.7 Å². The van der Waals surface area contributed by atoms with Gasteiger partial charge in [0.2, 0.25) is 0 Å². The van der Waals surface area contributed by atoms with Crippen molar-refractivity contribution >= 4 is 5.91 Å². The summed E-state index contributed by atoms with van der Waals surface area (Å²) in [7, 11) is 0. The molecule has 2 aromatic heterocycles. The van der Waals surface area contributed by atoms with Crippen LogP contribution in [0.25, 0.3) is 0 Å². The Morgan fingerprint density at radius 2 is 2.04 bits per heavy atom. The number of nitrogens with zero attached hydrogens (tertiary/aromatic N) is 5. The summed E-state index contributed by atoms with van der Waals surface area (Å²) in [5.41, 5.74) is 1.92. The van der Waals surface area contributed by atoms with Gasteiger partial charge in [-0.3, -0.25) is 9.48 Å². The Labute approximate surface area is 137 Å². The van der Waals surface area contributed by atoms with E-state index in [-0.39, 0.29) is 5.91 Å². The first-order valence-corrected chi connectivity index (χ1v) is 8.40. The van der Waals surface area contributed by atoms with Crippen LogP contribution >= 0.6 is 0 Å². The van der Waals surface area contributed by atoms with Gasteiger partial charge in [-0.25, -0.2) is 4.98 Å². The summed E-state index contributed by atoms with van der Waals surface area (Å²) in [6.07, 6.45) is 5.72. The van der Waals surface area contributed by atoms with Gasteiger partial charge in [0, 0.05) is 44.3 Å². The minimum atomic E-state index is 0.109. The van der Waals surface area contributed by atoms with Crippen LogP contribution in [0.1, 0.15) is 41.8 Å². The van der Waals surface area contributed by atoms with Crippen molar-refractivity contribution in [1.82, 2.24) is 24.2 Å². The van der Waals surface area contributed by atoms with Crippen LogP contribution in [-0.2, 0) is 13.1 Å². The average Bonchev–Trinajstić information content (AvgIpc) is 3.16. The highest BCUT2D eigenvalue weighted by molar-refractivity contribution is 5.92. The Morgan fingerprint density at radius 1 is 1.30 bits per heavy atom. The third kappa shape index (κ3) is 3.16. The van der Waals surface area contributed by atoms with Crippen LogP contribution in [0.3, 0.4) is 0 Å². The first kappa shape index (κ1) is 15.8. The molecule has 23 heavy (non-hydrogen) atoms. The highest BCUT2D eigenvalue weighted by atomic mass is 16.2. The van der Waals surface area contributed by atoms with Gasteiger partial charge in [0.05, 0.1) is 0 Å². The molecule has 1 saturated heterocycles. The van der Waals surface area contributed by atoms with Crippen LogP contribution in [0.2, 0.25) is 0 Å². The van der Waals surface area contributed by atoms with Gasteiger partial charge in [0.25, 0.3) is 5.91 Å². The van der Waals surface area contributed by atoms with E-state index < -0.39 is 0 Å². The largest absolute Gasteiger partial charge is 0.337 e. The van der Waals surface area contributed by atoms with Crippen molar-refractivity contribution in [2.45, 2.75) is 46.7 Å². The molecule has 0 saturated carbocycles. The number of imidazole rings is 1. The van der Waals surface area contributed by atoms with Crippen molar-refractivity contribution in [1.29, 1.82) is 0 Å². The number of aromatic nitrogens is 4. The number of hydrogen-bond acceptors (Lipinski definition) is 3. The van der Waals surface area contributed by atoms with Gasteiger partial charge in [0.1, 0.15) is 11.5 Å². The second kappa shape index (κ2) is 6.56. The van der Waals surface area contributed by atoms with Crippen LogP contribution in [-0.4, -0.2) is 43.2 Å². The third-order valence-electron chi connectivity index (χ3n) is 4.83. The molecule has 1 fully saturated rings. The standard InChI is InChI=1S/C17H25N5O/c1-4-22-16(5-8-19-22)17(23)20-9-6-15(7-10-20)12-21-13(2)11-18-14(21)3/h5,8,11,15H,4,6-7,9-10,12H2,1-3H3. The lowest BCUT2D eigenvalue weighted by Gasteiger charge is -2.32. The summed E-state index contributed by atoms with van der Waals surface area (Å²) >= 11 is 0. The van der Waals surface area contributed by atoms with Gasteiger partial charge in [-0.05, 0) is 45.6 Å². The number of carbonyl (C=O) groups is 1. The van der Waals surface area contributed by atoms with E-state index in [2.05, 4.69) is 28.5 Å². The van der Waals surface area contributed by atoms with Crippen molar-refractivity contribution in [2.24, 2.45) is 5.92 Å². The van der Waals surface area contributed by atoms with Crippen molar-refractivity contribution in [2.75, 3.05) is 13.1 Å². The van der Waals surface area contributed by atoms with E-state index in [0.717, 1.165) is 44.8 Å². The second-order valence-electron chi connectivity index (χ2n) is 6.33. The van der Waals surface area contributed by atoms with Crippen LogP contribution < -0.4 is 0 Å². The smallest absolute Gasteiger partial charge is 0.272 e. The van der Waals surface area contributed by atoms with Gasteiger partial charge in [-0.2, -0.15) is 5.10 Å². The maximum atomic E-state index is 12.6. The van der Waals surface area contributed by atoms with Crippen LogP contribution in [0.5, 0.6) is 0 Å². The predicted molar refractivity (Wildman–Crippen MR) is 88.2 cm³/mol. The molecule has 0 radical (unpaired) electrons. The highest BCUT2D eigenvalue weighted by Gasteiger charge is 2.26. The zero-order chi connectivity index (χ0) is 16.4. The molecular weight excluding hydrogens is 290 g/mol. The molecule has 0 aromatic carbocycles. The average molecular weight is 315 g/mol. The Morgan fingerprint density at radius 3 is 2.65 bits per heavy atom. The lowest BCUT2D eigenvalue weighted by Crippen LogP contribution is -2.40. The molecular formula is C17H25N5O. The molecule has 1 aliphatic heterocycles. The SMILES string of the molecule is CCn1nccc1C(=O)N1CCC(Cn2c(C)cnc2C)CC1. The Hall–Kier alpha value is -2.11. The summed E-state index contributed by atoms with van der Waals surface area (Å²) < 4.78 is 4.06. The minimum Gasteiger partial charge on any atom is -0.337 e. The second-order valence-corrected chi connectivity index (χ2v) is 6.33. The van der Waals surface area contributed by atoms with E-state index in [0.29, 0.717) is 11.6 Å².